The number of hydrogen-bond donors (Lipinski definition) is 1. The smallest absolute Gasteiger partial charge is 0.324 e. The molecule has 1 N–H and O–H groups in total. The maximum atomic E-state index is 12.8. The highest BCUT2D eigenvalue weighted by molar-refractivity contribution is 5.79. The van der Waals surface area contributed by atoms with Gasteiger partial charge in [-0.1, -0.05) is 84.5 Å². The quantitative estimate of drug-likeness (QED) is 0.846. The molecular weight excluding hydrogens is 322 g/mol. The summed E-state index contributed by atoms with van der Waals surface area (Å²) in [6.07, 6.45) is 6.52. The molecule has 132 valence electrons. The van der Waals surface area contributed by atoms with Gasteiger partial charge in [-0.15, -0.1) is 0 Å². The summed E-state index contributed by atoms with van der Waals surface area (Å²) >= 11 is 0. The zero-order valence-corrected chi connectivity index (χ0v) is 14.8. The van der Waals surface area contributed by atoms with E-state index in [1.54, 1.807) is 0 Å². The molecule has 1 aliphatic carbocycles. The van der Waals surface area contributed by atoms with Crippen molar-refractivity contribution in [3.8, 4) is 0 Å². The fourth-order valence-electron chi connectivity index (χ4n) is 4.15. The Morgan fingerprint density at radius 2 is 1.65 bits per heavy atom. The zero-order chi connectivity index (χ0) is 17.9. The maximum absolute atomic E-state index is 12.8. The molecule has 0 spiro atoms. The number of esters is 1. The number of ether oxygens (including phenoxy) is 1. The molecule has 0 amide bonds. The third-order valence-electron chi connectivity index (χ3n) is 5.26. The first-order valence-electron chi connectivity index (χ1n) is 9.20. The molecule has 1 heterocycles. The lowest BCUT2D eigenvalue weighted by Crippen LogP contribution is -2.51. The molecule has 0 saturated carbocycles. The molecular formula is C23H23NO2. The Morgan fingerprint density at radius 1 is 1.00 bits per heavy atom. The van der Waals surface area contributed by atoms with Crippen molar-refractivity contribution < 1.29 is 9.53 Å². The van der Waals surface area contributed by atoms with E-state index in [1.807, 2.05) is 43.3 Å². The number of fused-ring (bicyclic) bond motifs is 1. The van der Waals surface area contributed by atoms with Crippen LogP contribution in [0, 0.1) is 5.92 Å². The Bertz CT molecular complexity index is 826. The standard InChI is InChI=1S/C23H23NO2/c1-2-26-23(25)22-20(16-10-5-3-6-11-16)18-14-9-15-19(18)21(24-22)17-12-7-4-8-13-17/h3-15,19-22,24H,2H2,1H3/t19-,20-,21+,22+/m1/s1. The first kappa shape index (κ1) is 16.8. The second-order valence-electron chi connectivity index (χ2n) is 6.75. The van der Waals surface area contributed by atoms with Crippen LogP contribution in [0.2, 0.25) is 0 Å². The summed E-state index contributed by atoms with van der Waals surface area (Å²) in [6.45, 7) is 2.24. The Hall–Kier alpha value is -2.65. The van der Waals surface area contributed by atoms with E-state index in [-0.39, 0.29) is 23.8 Å². The van der Waals surface area contributed by atoms with Gasteiger partial charge in [0, 0.05) is 17.9 Å². The maximum Gasteiger partial charge on any atom is 0.324 e. The Balaban J connectivity index is 1.76. The molecule has 2 aromatic rings. The molecule has 2 aliphatic rings. The first-order chi connectivity index (χ1) is 12.8. The second-order valence-corrected chi connectivity index (χ2v) is 6.75. The largest absolute Gasteiger partial charge is 0.465 e. The molecule has 3 heteroatoms. The van der Waals surface area contributed by atoms with Gasteiger partial charge in [0.2, 0.25) is 0 Å². The fraction of sp³-hybridized carbons (Fsp3) is 0.261. The van der Waals surface area contributed by atoms with Crippen molar-refractivity contribution in [2.45, 2.75) is 24.9 Å². The van der Waals surface area contributed by atoms with Crippen LogP contribution in [-0.4, -0.2) is 18.6 Å². The highest BCUT2D eigenvalue weighted by Gasteiger charge is 2.45. The Labute approximate surface area is 154 Å². The van der Waals surface area contributed by atoms with Crippen LogP contribution in [0.4, 0.5) is 0 Å². The summed E-state index contributed by atoms with van der Waals surface area (Å²) in [5, 5.41) is 3.61. The van der Waals surface area contributed by atoms with E-state index in [4.69, 9.17) is 4.74 Å². The highest BCUT2D eigenvalue weighted by atomic mass is 16.5. The lowest BCUT2D eigenvalue weighted by Gasteiger charge is -2.42. The number of hydrogen-bond acceptors (Lipinski definition) is 3. The van der Waals surface area contributed by atoms with Crippen molar-refractivity contribution in [2.24, 2.45) is 5.92 Å². The van der Waals surface area contributed by atoms with E-state index in [0.717, 1.165) is 5.56 Å². The number of rotatable bonds is 4. The molecule has 2 aromatic carbocycles. The Kier molecular flexibility index (Phi) is 4.72. The van der Waals surface area contributed by atoms with Gasteiger partial charge in [0.1, 0.15) is 6.04 Å². The lowest BCUT2D eigenvalue weighted by atomic mass is 9.72. The molecule has 0 radical (unpaired) electrons. The van der Waals surface area contributed by atoms with E-state index in [0.29, 0.717) is 6.61 Å². The van der Waals surface area contributed by atoms with Crippen LogP contribution in [0.1, 0.15) is 30.0 Å². The highest BCUT2D eigenvalue weighted by Crippen LogP contribution is 2.46. The van der Waals surface area contributed by atoms with Gasteiger partial charge < -0.3 is 4.74 Å². The van der Waals surface area contributed by atoms with Gasteiger partial charge in [-0.25, -0.2) is 0 Å². The normalized spacial score (nSPS) is 26.9. The van der Waals surface area contributed by atoms with Crippen LogP contribution >= 0.6 is 0 Å². The topological polar surface area (TPSA) is 38.3 Å². The van der Waals surface area contributed by atoms with E-state index in [2.05, 4.69) is 47.8 Å². The Morgan fingerprint density at radius 3 is 2.31 bits per heavy atom. The van der Waals surface area contributed by atoms with Crippen molar-refractivity contribution in [3.63, 3.8) is 0 Å². The summed E-state index contributed by atoms with van der Waals surface area (Å²) in [4.78, 5) is 12.8. The van der Waals surface area contributed by atoms with Crippen molar-refractivity contribution in [2.75, 3.05) is 6.61 Å². The van der Waals surface area contributed by atoms with Gasteiger partial charge in [-0.3, -0.25) is 10.1 Å². The molecule has 26 heavy (non-hydrogen) atoms. The molecule has 4 atom stereocenters. The van der Waals surface area contributed by atoms with Crippen LogP contribution in [0.5, 0.6) is 0 Å². The van der Waals surface area contributed by atoms with Crippen LogP contribution < -0.4 is 5.32 Å². The van der Waals surface area contributed by atoms with Crippen LogP contribution in [0.3, 0.4) is 0 Å². The predicted octanol–water partition coefficient (Wildman–Crippen LogP) is 4.16. The van der Waals surface area contributed by atoms with E-state index in [9.17, 15) is 4.79 Å². The molecule has 1 fully saturated rings. The molecule has 0 aromatic heterocycles. The van der Waals surface area contributed by atoms with Crippen molar-refractivity contribution in [3.05, 3.63) is 95.6 Å². The van der Waals surface area contributed by atoms with Gasteiger partial charge in [-0.2, -0.15) is 0 Å². The minimum Gasteiger partial charge on any atom is -0.465 e. The van der Waals surface area contributed by atoms with Crippen LogP contribution in [0.15, 0.2) is 84.5 Å². The van der Waals surface area contributed by atoms with E-state index in [1.165, 1.54) is 11.1 Å². The lowest BCUT2D eigenvalue weighted by molar-refractivity contribution is -0.146. The van der Waals surface area contributed by atoms with Crippen LogP contribution in [0.25, 0.3) is 0 Å². The molecule has 3 nitrogen and oxygen atoms in total. The van der Waals surface area contributed by atoms with Crippen molar-refractivity contribution in [1.29, 1.82) is 0 Å². The minimum atomic E-state index is -0.398. The second kappa shape index (κ2) is 7.30. The first-order valence-corrected chi connectivity index (χ1v) is 9.20. The molecule has 1 saturated heterocycles. The third kappa shape index (κ3) is 2.99. The number of nitrogens with one attached hydrogen (secondary N) is 1. The average Bonchev–Trinajstić information content (AvgIpc) is 3.18. The van der Waals surface area contributed by atoms with Gasteiger partial charge in [0.25, 0.3) is 0 Å². The summed E-state index contributed by atoms with van der Waals surface area (Å²) in [7, 11) is 0. The van der Waals surface area contributed by atoms with Crippen molar-refractivity contribution in [1.82, 2.24) is 5.32 Å². The number of carbonyl (C=O) groups is 1. The molecule has 0 unspecified atom stereocenters. The summed E-state index contributed by atoms with van der Waals surface area (Å²) in [5.74, 6) is 0.0389. The minimum absolute atomic E-state index is 0.0183. The van der Waals surface area contributed by atoms with Crippen molar-refractivity contribution >= 4 is 5.97 Å². The SMILES string of the molecule is CCOC(=O)[C@H]1N[C@@H](c2ccccc2)[C@@H]2C=CC=C2[C@H]1c1ccccc1. The van der Waals surface area contributed by atoms with Crippen LogP contribution in [-0.2, 0) is 9.53 Å². The molecule has 4 rings (SSSR count). The summed E-state index contributed by atoms with van der Waals surface area (Å²) < 4.78 is 5.42. The number of allylic oxidation sites excluding steroid dienone is 2. The molecule has 0 bridgehead atoms. The number of carbonyl (C=O) groups excluding carboxylic acids is 1. The van der Waals surface area contributed by atoms with E-state index >= 15 is 0 Å². The molecule has 1 aliphatic heterocycles. The predicted molar refractivity (Wildman–Crippen MR) is 103 cm³/mol. The monoisotopic (exact) mass is 345 g/mol. The number of piperidine rings is 1. The fourth-order valence-corrected chi connectivity index (χ4v) is 4.15. The van der Waals surface area contributed by atoms with Gasteiger partial charge in [0.05, 0.1) is 6.61 Å². The van der Waals surface area contributed by atoms with Gasteiger partial charge in [0.15, 0.2) is 0 Å². The van der Waals surface area contributed by atoms with Gasteiger partial charge >= 0.3 is 5.97 Å². The average molecular weight is 345 g/mol. The van der Waals surface area contributed by atoms with E-state index < -0.39 is 6.04 Å². The third-order valence-corrected chi connectivity index (χ3v) is 5.26. The summed E-state index contributed by atoms with van der Waals surface area (Å²) in [6, 6.07) is 20.3. The summed E-state index contributed by atoms with van der Waals surface area (Å²) in [5.41, 5.74) is 3.61. The zero-order valence-electron chi connectivity index (χ0n) is 14.8. The van der Waals surface area contributed by atoms with Gasteiger partial charge in [-0.05, 0) is 18.1 Å². The number of benzene rings is 2.